The molecular weight excluding hydrogens is 425 g/mol. The minimum absolute atomic E-state index is 0.0155. The second-order valence-corrected chi connectivity index (χ2v) is 7.01. The molecular formula is C21H16ClF3O5. The van der Waals surface area contributed by atoms with E-state index in [0.717, 1.165) is 6.07 Å². The average Bonchev–Trinajstić information content (AvgIpc) is 2.65. The van der Waals surface area contributed by atoms with Gasteiger partial charge in [0.15, 0.2) is 6.61 Å². The fourth-order valence-corrected chi connectivity index (χ4v) is 3.04. The number of benzene rings is 2. The van der Waals surface area contributed by atoms with Crippen molar-refractivity contribution >= 4 is 28.5 Å². The third-order valence-corrected chi connectivity index (χ3v) is 4.32. The Hall–Kier alpha value is -3.00. The van der Waals surface area contributed by atoms with Crippen molar-refractivity contribution in [2.75, 3.05) is 6.61 Å². The van der Waals surface area contributed by atoms with E-state index < -0.39 is 35.5 Å². The SMILES string of the molecule is CC(C)OC(=O)COc1ccc2c(=O)c(-c3ccccc3Cl)c(C(F)(F)F)oc2c1. The number of carbonyl (C=O) groups excluding carboxylic acids is 1. The van der Waals surface area contributed by atoms with Crippen LogP contribution in [0.2, 0.25) is 5.02 Å². The molecule has 1 aromatic heterocycles. The fraction of sp³-hybridized carbons (Fsp3) is 0.238. The minimum atomic E-state index is -4.94. The maximum Gasteiger partial charge on any atom is 0.450 e. The average molecular weight is 441 g/mol. The first-order valence-corrected chi connectivity index (χ1v) is 9.21. The topological polar surface area (TPSA) is 65.7 Å². The maximum absolute atomic E-state index is 13.7. The molecule has 0 aliphatic heterocycles. The molecule has 2 aromatic carbocycles. The second kappa shape index (κ2) is 8.39. The van der Waals surface area contributed by atoms with Crippen molar-refractivity contribution < 1.29 is 31.9 Å². The van der Waals surface area contributed by atoms with E-state index in [1.165, 1.54) is 36.4 Å². The standard InChI is InChI=1S/C21H16ClF3O5/c1-11(2)29-17(26)10-28-12-7-8-14-16(9-12)30-20(21(23,24)25)18(19(14)27)13-5-3-4-6-15(13)22/h3-9,11H,10H2,1-2H3. The molecule has 0 spiro atoms. The van der Waals surface area contributed by atoms with Gasteiger partial charge in [-0.25, -0.2) is 4.79 Å². The van der Waals surface area contributed by atoms with Crippen molar-refractivity contribution in [3.8, 4) is 16.9 Å². The van der Waals surface area contributed by atoms with Crippen LogP contribution in [-0.2, 0) is 15.7 Å². The molecule has 9 heteroatoms. The number of alkyl halides is 3. The van der Waals surface area contributed by atoms with E-state index in [2.05, 4.69) is 0 Å². The van der Waals surface area contributed by atoms with Crippen LogP contribution in [0, 0.1) is 0 Å². The van der Waals surface area contributed by atoms with Gasteiger partial charge in [0.1, 0.15) is 11.3 Å². The number of carbonyl (C=O) groups is 1. The third-order valence-electron chi connectivity index (χ3n) is 3.99. The molecule has 5 nitrogen and oxygen atoms in total. The first kappa shape index (κ1) is 21.7. The highest BCUT2D eigenvalue weighted by Gasteiger charge is 2.39. The van der Waals surface area contributed by atoms with Crippen molar-refractivity contribution in [1.29, 1.82) is 0 Å². The number of fused-ring (bicyclic) bond motifs is 1. The zero-order valence-electron chi connectivity index (χ0n) is 15.9. The Morgan fingerprint density at radius 1 is 1.17 bits per heavy atom. The summed E-state index contributed by atoms with van der Waals surface area (Å²) < 4.78 is 56.3. The molecule has 0 atom stereocenters. The number of ether oxygens (including phenoxy) is 2. The summed E-state index contributed by atoms with van der Waals surface area (Å²) in [6, 6.07) is 9.44. The lowest BCUT2D eigenvalue weighted by Gasteiger charge is -2.14. The number of esters is 1. The molecule has 0 N–H and O–H groups in total. The first-order valence-electron chi connectivity index (χ1n) is 8.83. The van der Waals surface area contributed by atoms with Gasteiger partial charge >= 0.3 is 12.1 Å². The van der Waals surface area contributed by atoms with Gasteiger partial charge in [-0.05, 0) is 32.0 Å². The summed E-state index contributed by atoms with van der Waals surface area (Å²) in [4.78, 5) is 24.5. The summed E-state index contributed by atoms with van der Waals surface area (Å²) in [5, 5.41) is -0.103. The van der Waals surface area contributed by atoms with Crippen molar-refractivity contribution in [3.63, 3.8) is 0 Å². The summed E-state index contributed by atoms with van der Waals surface area (Å²) >= 11 is 6.02. The Labute approximate surface area is 174 Å². The van der Waals surface area contributed by atoms with E-state index in [-0.39, 0.29) is 33.4 Å². The lowest BCUT2D eigenvalue weighted by atomic mass is 10.0. The van der Waals surface area contributed by atoms with Crippen LogP contribution >= 0.6 is 11.6 Å². The van der Waals surface area contributed by atoms with Gasteiger partial charge in [-0.2, -0.15) is 13.2 Å². The van der Waals surface area contributed by atoms with Crippen molar-refractivity contribution in [1.82, 2.24) is 0 Å². The fourth-order valence-electron chi connectivity index (χ4n) is 2.81. The number of hydrogen-bond donors (Lipinski definition) is 0. The number of halogens is 4. The van der Waals surface area contributed by atoms with Crippen LogP contribution in [0.3, 0.4) is 0 Å². The van der Waals surface area contributed by atoms with Crippen molar-refractivity contribution in [3.05, 3.63) is 63.5 Å². The van der Waals surface area contributed by atoms with Gasteiger partial charge < -0.3 is 13.9 Å². The molecule has 3 aromatic rings. The summed E-state index contributed by atoms with van der Waals surface area (Å²) in [7, 11) is 0. The summed E-state index contributed by atoms with van der Waals surface area (Å²) in [5.41, 5.74) is -1.98. The van der Waals surface area contributed by atoms with Crippen LogP contribution in [0.25, 0.3) is 22.1 Å². The summed E-state index contributed by atoms with van der Waals surface area (Å²) in [6.07, 6.45) is -5.28. The van der Waals surface area contributed by atoms with Crippen LogP contribution in [0.4, 0.5) is 13.2 Å². The van der Waals surface area contributed by atoms with Gasteiger partial charge in [0, 0.05) is 16.7 Å². The summed E-state index contributed by atoms with van der Waals surface area (Å²) in [6.45, 7) is 2.88. The number of rotatable bonds is 5. The lowest BCUT2D eigenvalue weighted by molar-refractivity contribution is -0.152. The van der Waals surface area contributed by atoms with E-state index in [1.54, 1.807) is 13.8 Å². The zero-order valence-corrected chi connectivity index (χ0v) is 16.6. The molecule has 30 heavy (non-hydrogen) atoms. The van der Waals surface area contributed by atoms with Crippen molar-refractivity contribution in [2.24, 2.45) is 0 Å². The van der Waals surface area contributed by atoms with Crippen LogP contribution < -0.4 is 10.2 Å². The lowest BCUT2D eigenvalue weighted by Crippen LogP contribution is -2.19. The Morgan fingerprint density at radius 2 is 1.87 bits per heavy atom. The Balaban J connectivity index is 2.10. The molecule has 0 aliphatic rings. The summed E-state index contributed by atoms with van der Waals surface area (Å²) in [5.74, 6) is -2.06. The van der Waals surface area contributed by atoms with E-state index in [1.807, 2.05) is 0 Å². The molecule has 0 bridgehead atoms. The largest absolute Gasteiger partial charge is 0.482 e. The van der Waals surface area contributed by atoms with Crippen LogP contribution in [0.5, 0.6) is 5.75 Å². The van der Waals surface area contributed by atoms with E-state index in [9.17, 15) is 22.8 Å². The molecule has 158 valence electrons. The van der Waals surface area contributed by atoms with Crippen molar-refractivity contribution in [2.45, 2.75) is 26.1 Å². The molecule has 0 amide bonds. The van der Waals surface area contributed by atoms with Crippen LogP contribution in [0.15, 0.2) is 51.7 Å². The molecule has 0 aliphatic carbocycles. The monoisotopic (exact) mass is 440 g/mol. The molecule has 0 unspecified atom stereocenters. The van der Waals surface area contributed by atoms with Crippen LogP contribution in [-0.4, -0.2) is 18.7 Å². The molecule has 0 fully saturated rings. The van der Waals surface area contributed by atoms with E-state index in [0.29, 0.717) is 0 Å². The van der Waals surface area contributed by atoms with Gasteiger partial charge in [-0.1, -0.05) is 29.8 Å². The van der Waals surface area contributed by atoms with E-state index >= 15 is 0 Å². The van der Waals surface area contributed by atoms with Gasteiger partial charge in [-0.15, -0.1) is 0 Å². The van der Waals surface area contributed by atoms with Gasteiger partial charge in [-0.3, -0.25) is 4.79 Å². The number of hydrogen-bond acceptors (Lipinski definition) is 5. The minimum Gasteiger partial charge on any atom is -0.482 e. The molecule has 0 saturated carbocycles. The second-order valence-electron chi connectivity index (χ2n) is 6.60. The Bertz CT molecular complexity index is 1150. The van der Waals surface area contributed by atoms with Gasteiger partial charge in [0.2, 0.25) is 11.2 Å². The third kappa shape index (κ3) is 4.59. The predicted molar refractivity (Wildman–Crippen MR) is 105 cm³/mol. The van der Waals surface area contributed by atoms with Gasteiger partial charge in [0.25, 0.3) is 0 Å². The normalized spacial score (nSPS) is 11.7. The van der Waals surface area contributed by atoms with E-state index in [4.69, 9.17) is 25.5 Å². The maximum atomic E-state index is 13.7. The van der Waals surface area contributed by atoms with Gasteiger partial charge in [0.05, 0.1) is 17.1 Å². The Morgan fingerprint density at radius 3 is 2.50 bits per heavy atom. The molecule has 0 radical (unpaired) electrons. The highest BCUT2D eigenvalue weighted by Crippen LogP contribution is 2.39. The molecule has 1 heterocycles. The van der Waals surface area contributed by atoms with Crippen LogP contribution in [0.1, 0.15) is 19.6 Å². The molecule has 3 rings (SSSR count). The highest BCUT2D eigenvalue weighted by molar-refractivity contribution is 6.33. The highest BCUT2D eigenvalue weighted by atomic mass is 35.5. The first-order chi connectivity index (χ1) is 14.1. The zero-order chi connectivity index (χ0) is 22.1. The Kier molecular flexibility index (Phi) is 6.07. The quantitative estimate of drug-likeness (QED) is 0.493. The smallest absolute Gasteiger partial charge is 0.450 e. The predicted octanol–water partition coefficient (Wildman–Crippen LogP) is 5.46. The molecule has 0 saturated heterocycles.